The van der Waals surface area contributed by atoms with Gasteiger partial charge in [-0.1, -0.05) is 18.1 Å². The molecule has 0 fully saturated rings. The van der Waals surface area contributed by atoms with E-state index in [2.05, 4.69) is 26.1 Å². The molecule has 10 heteroatoms. The Morgan fingerprint density at radius 1 is 1.38 bits per heavy atom. The van der Waals surface area contributed by atoms with Crippen LogP contribution in [0.5, 0.6) is 0 Å². The van der Waals surface area contributed by atoms with E-state index in [0.717, 1.165) is 5.56 Å². The monoisotopic (exact) mass is 391 g/mol. The van der Waals surface area contributed by atoms with E-state index in [-0.39, 0.29) is 11.5 Å². The zero-order valence-electron chi connectivity index (χ0n) is 15.5. The van der Waals surface area contributed by atoms with Gasteiger partial charge in [0.1, 0.15) is 0 Å². The molecule has 0 aliphatic carbocycles. The van der Waals surface area contributed by atoms with E-state index in [1.54, 1.807) is 29.1 Å². The van der Waals surface area contributed by atoms with Gasteiger partial charge in [-0.15, -0.1) is 11.5 Å². The molecule has 3 N–H and O–H groups in total. The lowest BCUT2D eigenvalue weighted by Gasteiger charge is -2.05. The number of carboxylic acids is 1. The van der Waals surface area contributed by atoms with Gasteiger partial charge >= 0.3 is 5.97 Å². The normalized spacial score (nSPS) is 12.3. The number of aromatic nitrogens is 6. The van der Waals surface area contributed by atoms with Crippen LogP contribution in [0.15, 0.2) is 30.5 Å². The number of anilines is 1. The summed E-state index contributed by atoms with van der Waals surface area (Å²) in [4.78, 5) is 20.0. The molecule has 1 aromatic carbocycles. The molecule has 10 nitrogen and oxygen atoms in total. The highest BCUT2D eigenvalue weighted by Gasteiger charge is 2.19. The number of nitrogens with zero attached hydrogens (tertiary/aromatic N) is 6. The first kappa shape index (κ1) is 18.4. The molecular weight excluding hydrogens is 374 g/mol. The van der Waals surface area contributed by atoms with Crippen molar-refractivity contribution in [2.75, 3.05) is 12.8 Å². The highest BCUT2D eigenvalue weighted by Crippen LogP contribution is 2.22. The van der Waals surface area contributed by atoms with E-state index in [1.807, 2.05) is 6.07 Å². The predicted molar refractivity (Wildman–Crippen MR) is 104 cm³/mol. The zero-order valence-corrected chi connectivity index (χ0v) is 15.5. The standard InChI is InChI=1S/C19H17N7O3/c1-3-14(29-2)15-22-17-13-10-21-25(16(13)23-19(20)26(17)24-15)8-7-11-5-4-6-12(9-11)18(27)28/h1,4-6,9-10,14H,7-8H2,2H3,(H2,20,23)(H,27,28). The smallest absolute Gasteiger partial charge is 0.335 e. The molecule has 1 atom stereocenters. The summed E-state index contributed by atoms with van der Waals surface area (Å²) in [7, 11) is 1.48. The largest absolute Gasteiger partial charge is 0.478 e. The number of terminal acetylenes is 1. The number of carboxylic acid groups (broad SMARTS) is 1. The summed E-state index contributed by atoms with van der Waals surface area (Å²) in [5, 5.41) is 18.5. The van der Waals surface area contributed by atoms with Gasteiger partial charge in [0.15, 0.2) is 23.2 Å². The van der Waals surface area contributed by atoms with Gasteiger partial charge in [0.2, 0.25) is 5.95 Å². The number of rotatable bonds is 6. The molecule has 0 saturated heterocycles. The Bertz CT molecular complexity index is 1270. The van der Waals surface area contributed by atoms with Crippen LogP contribution in [-0.2, 0) is 17.7 Å². The van der Waals surface area contributed by atoms with Crippen molar-refractivity contribution >= 4 is 28.6 Å². The summed E-state index contributed by atoms with van der Waals surface area (Å²) in [5.74, 6) is 1.97. The molecule has 3 aromatic heterocycles. The minimum atomic E-state index is -0.961. The molecule has 0 spiro atoms. The van der Waals surface area contributed by atoms with Gasteiger partial charge in [-0.3, -0.25) is 0 Å². The van der Waals surface area contributed by atoms with E-state index < -0.39 is 12.1 Å². The minimum absolute atomic E-state index is 0.146. The van der Waals surface area contributed by atoms with Crippen molar-refractivity contribution in [3.63, 3.8) is 0 Å². The van der Waals surface area contributed by atoms with Crippen LogP contribution in [0.4, 0.5) is 5.95 Å². The number of methoxy groups -OCH3 is 1. The molecule has 3 heterocycles. The maximum Gasteiger partial charge on any atom is 0.335 e. The second kappa shape index (κ2) is 7.21. The van der Waals surface area contributed by atoms with Crippen molar-refractivity contribution in [2.24, 2.45) is 0 Å². The minimum Gasteiger partial charge on any atom is -0.478 e. The van der Waals surface area contributed by atoms with Crippen molar-refractivity contribution in [3.05, 3.63) is 47.4 Å². The zero-order chi connectivity index (χ0) is 20.5. The van der Waals surface area contributed by atoms with Crippen LogP contribution in [-0.4, -0.2) is 47.5 Å². The highest BCUT2D eigenvalue weighted by molar-refractivity contribution is 5.90. The summed E-state index contributed by atoms with van der Waals surface area (Å²) in [6, 6.07) is 6.78. The predicted octanol–water partition coefficient (Wildman–Crippen LogP) is 1.32. The topological polar surface area (TPSA) is 133 Å². The summed E-state index contributed by atoms with van der Waals surface area (Å²) < 4.78 is 8.29. The number of fused-ring (bicyclic) bond motifs is 3. The second-order valence-corrected chi connectivity index (χ2v) is 6.32. The van der Waals surface area contributed by atoms with Crippen LogP contribution in [0.3, 0.4) is 0 Å². The summed E-state index contributed by atoms with van der Waals surface area (Å²) in [6.45, 7) is 0.487. The molecule has 0 saturated carbocycles. The summed E-state index contributed by atoms with van der Waals surface area (Å²) >= 11 is 0. The molecular formula is C19H17N7O3. The summed E-state index contributed by atoms with van der Waals surface area (Å²) in [6.07, 6.45) is 6.97. The van der Waals surface area contributed by atoms with Gasteiger partial charge in [-0.25, -0.2) is 14.5 Å². The third-order valence-electron chi connectivity index (χ3n) is 4.52. The van der Waals surface area contributed by atoms with Crippen molar-refractivity contribution < 1.29 is 14.6 Å². The number of hydrogen-bond donors (Lipinski definition) is 2. The maximum atomic E-state index is 11.1. The quantitative estimate of drug-likeness (QED) is 0.470. The SMILES string of the molecule is C#CC(OC)c1nc2c3cnn(CCc4cccc(C(=O)O)c4)c3nc(N)n2n1. The molecule has 0 bridgehead atoms. The Kier molecular flexibility index (Phi) is 4.58. The van der Waals surface area contributed by atoms with Crippen LogP contribution in [0.2, 0.25) is 0 Å². The lowest BCUT2D eigenvalue weighted by atomic mass is 10.1. The van der Waals surface area contributed by atoms with Crippen LogP contribution < -0.4 is 5.73 Å². The van der Waals surface area contributed by atoms with E-state index >= 15 is 0 Å². The lowest BCUT2D eigenvalue weighted by Crippen LogP contribution is -2.08. The molecule has 1 unspecified atom stereocenters. The van der Waals surface area contributed by atoms with Gasteiger partial charge in [-0.05, 0) is 24.1 Å². The van der Waals surface area contributed by atoms with Gasteiger partial charge in [0.05, 0.1) is 17.1 Å². The second-order valence-electron chi connectivity index (χ2n) is 6.32. The molecule has 0 radical (unpaired) electrons. The van der Waals surface area contributed by atoms with Gasteiger partial charge in [0, 0.05) is 13.7 Å². The fourth-order valence-electron chi connectivity index (χ4n) is 3.09. The number of aromatic carboxylic acids is 1. The Hall–Kier alpha value is -3.97. The molecule has 0 aliphatic heterocycles. The molecule has 0 amide bonds. The number of carbonyl (C=O) groups is 1. The number of hydrogen-bond acceptors (Lipinski definition) is 7. The van der Waals surface area contributed by atoms with Crippen LogP contribution in [0, 0.1) is 12.3 Å². The van der Waals surface area contributed by atoms with Crippen LogP contribution in [0.1, 0.15) is 27.8 Å². The third kappa shape index (κ3) is 3.24. The van der Waals surface area contributed by atoms with E-state index in [9.17, 15) is 4.79 Å². The Balaban J connectivity index is 1.69. The van der Waals surface area contributed by atoms with E-state index in [4.69, 9.17) is 22.0 Å². The molecule has 29 heavy (non-hydrogen) atoms. The fraction of sp³-hybridized carbons (Fsp3) is 0.211. The van der Waals surface area contributed by atoms with Crippen molar-refractivity contribution in [1.82, 2.24) is 29.4 Å². The Labute approximate surface area is 164 Å². The highest BCUT2D eigenvalue weighted by atomic mass is 16.5. The van der Waals surface area contributed by atoms with Gasteiger partial charge < -0.3 is 15.6 Å². The molecule has 146 valence electrons. The van der Waals surface area contributed by atoms with Crippen molar-refractivity contribution in [1.29, 1.82) is 0 Å². The molecule has 4 rings (SSSR count). The summed E-state index contributed by atoms with van der Waals surface area (Å²) in [5.41, 5.74) is 8.22. The van der Waals surface area contributed by atoms with Crippen LogP contribution >= 0.6 is 0 Å². The number of nitrogens with two attached hydrogens (primary N) is 1. The van der Waals surface area contributed by atoms with E-state index in [1.165, 1.54) is 11.6 Å². The first-order chi connectivity index (χ1) is 14.0. The van der Waals surface area contributed by atoms with Gasteiger partial charge in [0.25, 0.3) is 0 Å². The Morgan fingerprint density at radius 3 is 2.93 bits per heavy atom. The van der Waals surface area contributed by atoms with Crippen LogP contribution in [0.25, 0.3) is 16.7 Å². The first-order valence-corrected chi connectivity index (χ1v) is 8.70. The lowest BCUT2D eigenvalue weighted by molar-refractivity contribution is 0.0696. The molecule has 0 aliphatic rings. The molecule has 4 aromatic rings. The third-order valence-corrected chi connectivity index (χ3v) is 4.52. The van der Waals surface area contributed by atoms with Crippen molar-refractivity contribution in [2.45, 2.75) is 19.1 Å². The number of aryl methyl sites for hydroxylation is 2. The first-order valence-electron chi connectivity index (χ1n) is 8.70. The number of benzene rings is 1. The van der Waals surface area contributed by atoms with Gasteiger partial charge in [-0.2, -0.15) is 14.6 Å². The average Bonchev–Trinajstić information content (AvgIpc) is 3.32. The Morgan fingerprint density at radius 2 is 2.21 bits per heavy atom. The van der Waals surface area contributed by atoms with Crippen molar-refractivity contribution in [3.8, 4) is 12.3 Å². The maximum absolute atomic E-state index is 11.1. The fourth-order valence-corrected chi connectivity index (χ4v) is 3.09. The number of nitrogen functional groups attached to an aromatic ring is 1. The number of ether oxygens (including phenoxy) is 1. The average molecular weight is 391 g/mol. The van der Waals surface area contributed by atoms with E-state index in [0.29, 0.717) is 35.5 Å².